The highest BCUT2D eigenvalue weighted by Crippen LogP contribution is 1.71. The molecule has 0 amide bonds. The molecule has 0 aromatic heterocycles. The van der Waals surface area contributed by atoms with Crippen molar-refractivity contribution in [1.82, 2.24) is 0 Å². The molecule has 0 atom stereocenters. The molecule has 0 fully saturated rings. The first-order valence-electron chi connectivity index (χ1n) is 2.09. The first-order valence-corrected chi connectivity index (χ1v) is 2.09. The van der Waals surface area contributed by atoms with Crippen LogP contribution in [0.5, 0.6) is 0 Å². The van der Waals surface area contributed by atoms with Crippen LogP contribution >= 0.6 is 0 Å². The Morgan fingerprint density at radius 1 is 1.71 bits per heavy atom. The molecule has 0 unspecified atom stereocenters. The normalized spacial score (nSPS) is 11.6. The molecule has 0 aliphatic rings. The van der Waals surface area contributed by atoms with Crippen molar-refractivity contribution in [2.45, 2.75) is 6.92 Å². The molecular formula is C4H9N3. The van der Waals surface area contributed by atoms with Gasteiger partial charge in [0.05, 0.1) is 6.54 Å². The van der Waals surface area contributed by atoms with Crippen LogP contribution in [0.15, 0.2) is 22.5 Å². The average Bonchev–Trinajstić information content (AvgIpc) is 1.69. The van der Waals surface area contributed by atoms with Gasteiger partial charge in [-0.2, -0.15) is 5.11 Å². The zero-order valence-electron chi connectivity index (χ0n) is 4.33. The van der Waals surface area contributed by atoms with Gasteiger partial charge < -0.3 is 5.84 Å². The molecule has 0 radical (unpaired) electrons. The van der Waals surface area contributed by atoms with Crippen molar-refractivity contribution < 1.29 is 0 Å². The Hall–Kier alpha value is -0.860. The van der Waals surface area contributed by atoms with Crippen molar-refractivity contribution in [2.24, 2.45) is 16.2 Å². The smallest absolute Gasteiger partial charge is 0.0801 e. The van der Waals surface area contributed by atoms with Gasteiger partial charge in [0.2, 0.25) is 0 Å². The van der Waals surface area contributed by atoms with Gasteiger partial charge in [0.1, 0.15) is 0 Å². The predicted molar refractivity (Wildman–Crippen MR) is 28.7 cm³/mol. The zero-order valence-corrected chi connectivity index (χ0v) is 4.33. The Morgan fingerprint density at radius 3 is 2.86 bits per heavy atom. The lowest BCUT2D eigenvalue weighted by Crippen LogP contribution is -1.76. The number of nitrogens with zero attached hydrogens (tertiary/aromatic N) is 2. The maximum atomic E-state index is 4.69. The molecule has 0 saturated heterocycles. The van der Waals surface area contributed by atoms with Crippen LogP contribution in [-0.4, -0.2) is 6.54 Å². The largest absolute Gasteiger partial charge is 0.305 e. The molecule has 0 heterocycles. The molecule has 0 bridgehead atoms. The van der Waals surface area contributed by atoms with Crippen molar-refractivity contribution in [3.8, 4) is 0 Å². The van der Waals surface area contributed by atoms with E-state index in [1.165, 1.54) is 0 Å². The average molecular weight is 99.1 g/mol. The number of rotatable bonds is 2. The van der Waals surface area contributed by atoms with Gasteiger partial charge in [0.15, 0.2) is 0 Å². The zero-order chi connectivity index (χ0) is 5.54. The SMILES string of the molecule is C/C=C/CN=NN. The fourth-order valence-electron chi connectivity index (χ4n) is 0.200. The summed E-state index contributed by atoms with van der Waals surface area (Å²) in [6.45, 7) is 2.51. The standard InChI is InChI=1S/C4H9N3/c1-2-3-4-6-7-5/h2-3H,4H2,1H3,(H2,5,6)/b3-2+. The van der Waals surface area contributed by atoms with E-state index in [0.29, 0.717) is 6.54 Å². The third-order valence-corrected chi connectivity index (χ3v) is 0.504. The minimum atomic E-state index is 0.590. The van der Waals surface area contributed by atoms with Crippen molar-refractivity contribution in [1.29, 1.82) is 0 Å². The fourth-order valence-corrected chi connectivity index (χ4v) is 0.200. The van der Waals surface area contributed by atoms with Crippen LogP contribution in [0, 0.1) is 0 Å². The van der Waals surface area contributed by atoms with Crippen LogP contribution in [0.1, 0.15) is 6.92 Å². The van der Waals surface area contributed by atoms with E-state index in [9.17, 15) is 0 Å². The number of nitrogens with two attached hydrogens (primary N) is 1. The summed E-state index contributed by atoms with van der Waals surface area (Å²) in [4.78, 5) is 0. The van der Waals surface area contributed by atoms with Gasteiger partial charge in [0.25, 0.3) is 0 Å². The minimum absolute atomic E-state index is 0.590. The molecule has 2 N–H and O–H groups in total. The molecule has 40 valence electrons. The number of allylic oxidation sites excluding steroid dienone is 1. The summed E-state index contributed by atoms with van der Waals surface area (Å²) in [7, 11) is 0. The fraction of sp³-hybridized carbons (Fsp3) is 0.500. The van der Waals surface area contributed by atoms with Crippen LogP contribution in [-0.2, 0) is 0 Å². The first kappa shape index (κ1) is 6.14. The van der Waals surface area contributed by atoms with Gasteiger partial charge in [-0.15, -0.1) is 0 Å². The van der Waals surface area contributed by atoms with E-state index in [1.54, 1.807) is 0 Å². The first-order chi connectivity index (χ1) is 3.41. The second kappa shape index (κ2) is 5.14. The van der Waals surface area contributed by atoms with E-state index in [-0.39, 0.29) is 0 Å². The van der Waals surface area contributed by atoms with Gasteiger partial charge >= 0.3 is 0 Å². The van der Waals surface area contributed by atoms with Gasteiger partial charge in [0, 0.05) is 0 Å². The van der Waals surface area contributed by atoms with Crippen LogP contribution in [0.2, 0.25) is 0 Å². The molecule has 0 spiro atoms. The lowest BCUT2D eigenvalue weighted by Gasteiger charge is -1.73. The second-order valence-corrected chi connectivity index (χ2v) is 1.01. The molecule has 7 heavy (non-hydrogen) atoms. The number of hydrogen-bond acceptors (Lipinski definition) is 2. The molecule has 0 aromatic carbocycles. The predicted octanol–water partition coefficient (Wildman–Crippen LogP) is 0.888. The van der Waals surface area contributed by atoms with E-state index < -0.39 is 0 Å². The molecule has 0 aromatic rings. The third kappa shape index (κ3) is 5.14. The van der Waals surface area contributed by atoms with E-state index in [0.717, 1.165) is 0 Å². The van der Waals surface area contributed by atoms with Crippen molar-refractivity contribution in [3.63, 3.8) is 0 Å². The topological polar surface area (TPSA) is 50.7 Å². The summed E-state index contributed by atoms with van der Waals surface area (Å²) in [6.07, 6.45) is 3.77. The summed E-state index contributed by atoms with van der Waals surface area (Å²) in [5.41, 5.74) is 0. The summed E-state index contributed by atoms with van der Waals surface area (Å²) >= 11 is 0. The Kier molecular flexibility index (Phi) is 4.51. The Labute approximate surface area is 42.9 Å². The van der Waals surface area contributed by atoms with E-state index >= 15 is 0 Å². The maximum Gasteiger partial charge on any atom is 0.0801 e. The summed E-state index contributed by atoms with van der Waals surface area (Å²) < 4.78 is 0. The summed E-state index contributed by atoms with van der Waals surface area (Å²) in [5.74, 6) is 4.69. The molecule has 0 rings (SSSR count). The highest BCUT2D eigenvalue weighted by atomic mass is 15.3. The molecular weight excluding hydrogens is 90.1 g/mol. The van der Waals surface area contributed by atoms with Gasteiger partial charge in [-0.3, -0.25) is 0 Å². The van der Waals surface area contributed by atoms with E-state index in [1.807, 2.05) is 19.1 Å². The van der Waals surface area contributed by atoms with Gasteiger partial charge in [-0.25, -0.2) is 0 Å². The summed E-state index contributed by atoms with van der Waals surface area (Å²) in [6, 6.07) is 0. The quantitative estimate of drug-likeness (QED) is 0.237. The molecule has 0 saturated carbocycles. The van der Waals surface area contributed by atoms with E-state index in [4.69, 9.17) is 5.84 Å². The summed E-state index contributed by atoms with van der Waals surface area (Å²) in [5, 5.41) is 6.52. The molecule has 3 heteroatoms. The Morgan fingerprint density at radius 2 is 2.43 bits per heavy atom. The maximum absolute atomic E-state index is 4.69. The van der Waals surface area contributed by atoms with Crippen molar-refractivity contribution >= 4 is 0 Å². The third-order valence-electron chi connectivity index (χ3n) is 0.504. The van der Waals surface area contributed by atoms with Gasteiger partial charge in [-0.05, 0) is 6.92 Å². The van der Waals surface area contributed by atoms with Crippen molar-refractivity contribution in [2.75, 3.05) is 6.54 Å². The number of hydrogen-bond donors (Lipinski definition) is 1. The van der Waals surface area contributed by atoms with Crippen LogP contribution in [0.25, 0.3) is 0 Å². The Bertz CT molecular complexity index is 65.0. The van der Waals surface area contributed by atoms with Crippen LogP contribution in [0.3, 0.4) is 0 Å². The molecule has 0 aliphatic heterocycles. The van der Waals surface area contributed by atoms with Crippen molar-refractivity contribution in [3.05, 3.63) is 12.2 Å². The van der Waals surface area contributed by atoms with Crippen LogP contribution in [0.4, 0.5) is 0 Å². The second-order valence-electron chi connectivity index (χ2n) is 1.01. The monoisotopic (exact) mass is 99.1 g/mol. The molecule has 3 nitrogen and oxygen atoms in total. The van der Waals surface area contributed by atoms with Crippen LogP contribution < -0.4 is 5.84 Å². The minimum Gasteiger partial charge on any atom is -0.305 e. The lowest BCUT2D eigenvalue weighted by molar-refractivity contribution is 0.966. The Balaban J connectivity index is 2.98. The molecule has 0 aliphatic carbocycles. The lowest BCUT2D eigenvalue weighted by atomic mass is 10.5. The highest BCUT2D eigenvalue weighted by molar-refractivity contribution is 4.77. The van der Waals surface area contributed by atoms with E-state index in [2.05, 4.69) is 10.3 Å². The van der Waals surface area contributed by atoms with Gasteiger partial charge in [-0.1, -0.05) is 17.4 Å². The highest BCUT2D eigenvalue weighted by Gasteiger charge is 1.62.